The minimum atomic E-state index is 0.709. The monoisotopic (exact) mass is 374 g/mol. The van der Waals surface area contributed by atoms with Gasteiger partial charge in [-0.15, -0.1) is 0 Å². The number of aliphatic imine (C=N–C) groups is 1. The Balaban J connectivity index is 1.37. The first-order valence-corrected chi connectivity index (χ1v) is 10.3. The van der Waals surface area contributed by atoms with E-state index in [1.807, 2.05) is 13.1 Å². The van der Waals surface area contributed by atoms with E-state index >= 15 is 0 Å². The summed E-state index contributed by atoms with van der Waals surface area (Å²) in [4.78, 5) is 6.90. The maximum Gasteiger partial charge on any atom is 0.191 e. The van der Waals surface area contributed by atoms with Crippen LogP contribution in [0.25, 0.3) is 0 Å². The number of hydrogen-bond donors (Lipinski definition) is 2. The van der Waals surface area contributed by atoms with Gasteiger partial charge in [0.1, 0.15) is 0 Å². The number of rotatable bonds is 6. The fourth-order valence-electron chi connectivity index (χ4n) is 3.52. The summed E-state index contributed by atoms with van der Waals surface area (Å²) in [5.41, 5.74) is 1.16. The topological polar surface area (TPSA) is 58.1 Å². The molecule has 1 aromatic carbocycles. The molecule has 150 valence electrons. The highest BCUT2D eigenvalue weighted by Gasteiger charge is 2.15. The summed E-state index contributed by atoms with van der Waals surface area (Å²) in [6.45, 7) is 9.10. The second-order valence-electron chi connectivity index (χ2n) is 7.56. The average Bonchev–Trinajstić information content (AvgIpc) is 2.93. The number of guanidine groups is 1. The van der Waals surface area contributed by atoms with Crippen LogP contribution in [0.2, 0.25) is 0 Å². The molecule has 1 fully saturated rings. The second-order valence-corrected chi connectivity index (χ2v) is 7.56. The molecule has 0 aliphatic carbocycles. The van der Waals surface area contributed by atoms with Crippen molar-refractivity contribution >= 4 is 5.96 Å². The Morgan fingerprint density at radius 1 is 1.15 bits per heavy atom. The zero-order chi connectivity index (χ0) is 18.9. The first kappa shape index (κ1) is 19.8. The molecule has 27 heavy (non-hydrogen) atoms. The van der Waals surface area contributed by atoms with Gasteiger partial charge in [0, 0.05) is 26.6 Å². The lowest BCUT2D eigenvalue weighted by atomic mass is 9.99. The lowest BCUT2D eigenvalue weighted by Gasteiger charge is -2.30. The molecule has 2 N–H and O–H groups in total. The number of likely N-dealkylation sites (tertiary alicyclic amines) is 1. The predicted octanol–water partition coefficient (Wildman–Crippen LogP) is 2.63. The molecular formula is C21H34N4O2. The summed E-state index contributed by atoms with van der Waals surface area (Å²) >= 11 is 0. The van der Waals surface area contributed by atoms with E-state index in [9.17, 15) is 0 Å². The third kappa shape index (κ3) is 6.31. The van der Waals surface area contributed by atoms with Gasteiger partial charge in [-0.25, -0.2) is 0 Å². The first-order chi connectivity index (χ1) is 13.2. The van der Waals surface area contributed by atoms with Crippen molar-refractivity contribution in [3.63, 3.8) is 0 Å². The normalized spacial score (nSPS) is 18.8. The minimum absolute atomic E-state index is 0.709. The third-order valence-corrected chi connectivity index (χ3v) is 5.32. The number of hydrogen-bond acceptors (Lipinski definition) is 4. The number of fused-ring (bicyclic) bond motifs is 1. The summed E-state index contributed by atoms with van der Waals surface area (Å²) in [5, 5.41) is 6.80. The summed E-state index contributed by atoms with van der Waals surface area (Å²) in [6.07, 6.45) is 4.74. The highest BCUT2D eigenvalue weighted by molar-refractivity contribution is 5.79. The number of ether oxygens (including phenoxy) is 2. The van der Waals surface area contributed by atoms with E-state index in [-0.39, 0.29) is 0 Å². The SMILES string of the molecule is CN=C(NCCCN1CCC(C)CC1)NCc1ccc2c(c1)OCCCO2. The molecule has 0 bridgehead atoms. The van der Waals surface area contributed by atoms with E-state index in [0.29, 0.717) is 13.2 Å². The lowest BCUT2D eigenvalue weighted by molar-refractivity contribution is 0.191. The molecule has 0 radical (unpaired) electrons. The van der Waals surface area contributed by atoms with Gasteiger partial charge in [0.05, 0.1) is 13.2 Å². The zero-order valence-electron chi connectivity index (χ0n) is 16.8. The Morgan fingerprint density at radius 2 is 1.93 bits per heavy atom. The number of nitrogens with one attached hydrogen (secondary N) is 2. The molecule has 1 aromatic rings. The smallest absolute Gasteiger partial charge is 0.191 e. The van der Waals surface area contributed by atoms with Crippen LogP contribution in [0.15, 0.2) is 23.2 Å². The fourth-order valence-corrected chi connectivity index (χ4v) is 3.52. The molecule has 0 spiro atoms. The van der Waals surface area contributed by atoms with Crippen LogP contribution in [0.3, 0.4) is 0 Å². The van der Waals surface area contributed by atoms with Crippen molar-refractivity contribution in [1.29, 1.82) is 0 Å². The Bertz CT molecular complexity index is 612. The van der Waals surface area contributed by atoms with Gasteiger partial charge in [-0.05, 0) is 62.5 Å². The molecule has 0 amide bonds. The largest absolute Gasteiger partial charge is 0.490 e. The van der Waals surface area contributed by atoms with Crippen molar-refractivity contribution in [3.8, 4) is 11.5 Å². The third-order valence-electron chi connectivity index (χ3n) is 5.32. The maximum absolute atomic E-state index is 5.76. The molecule has 0 saturated carbocycles. The molecule has 6 heteroatoms. The molecule has 2 heterocycles. The maximum atomic E-state index is 5.76. The van der Waals surface area contributed by atoms with Gasteiger partial charge in [0.15, 0.2) is 17.5 Å². The van der Waals surface area contributed by atoms with Crippen LogP contribution >= 0.6 is 0 Å². The van der Waals surface area contributed by atoms with Crippen LogP contribution in [0.5, 0.6) is 11.5 Å². The van der Waals surface area contributed by atoms with E-state index in [2.05, 4.69) is 39.6 Å². The Labute approximate surface area is 163 Å². The van der Waals surface area contributed by atoms with Gasteiger partial charge in [0.2, 0.25) is 0 Å². The summed E-state index contributed by atoms with van der Waals surface area (Å²) in [6, 6.07) is 6.12. The number of nitrogens with zero attached hydrogens (tertiary/aromatic N) is 2. The summed E-state index contributed by atoms with van der Waals surface area (Å²) in [5.74, 6) is 3.41. The van der Waals surface area contributed by atoms with Crippen molar-refractivity contribution in [3.05, 3.63) is 23.8 Å². The van der Waals surface area contributed by atoms with E-state index < -0.39 is 0 Å². The van der Waals surface area contributed by atoms with Crippen molar-refractivity contribution in [2.45, 2.75) is 39.2 Å². The van der Waals surface area contributed by atoms with Crippen LogP contribution in [-0.2, 0) is 6.54 Å². The molecular weight excluding hydrogens is 340 g/mol. The molecule has 6 nitrogen and oxygen atoms in total. The van der Waals surface area contributed by atoms with Crippen LogP contribution in [-0.4, -0.2) is 57.3 Å². The summed E-state index contributed by atoms with van der Waals surface area (Å²) < 4.78 is 11.4. The van der Waals surface area contributed by atoms with E-state index in [0.717, 1.165) is 54.9 Å². The molecule has 3 rings (SSSR count). The van der Waals surface area contributed by atoms with Crippen LogP contribution in [0, 0.1) is 5.92 Å². The number of piperidine rings is 1. The average molecular weight is 375 g/mol. The van der Waals surface area contributed by atoms with E-state index in [1.54, 1.807) is 0 Å². The zero-order valence-corrected chi connectivity index (χ0v) is 16.8. The molecule has 0 unspecified atom stereocenters. The molecule has 0 atom stereocenters. The quantitative estimate of drug-likeness (QED) is 0.455. The van der Waals surface area contributed by atoms with Crippen molar-refractivity contribution < 1.29 is 9.47 Å². The predicted molar refractivity (Wildman–Crippen MR) is 110 cm³/mol. The fraction of sp³-hybridized carbons (Fsp3) is 0.667. The van der Waals surface area contributed by atoms with Gasteiger partial charge in [-0.3, -0.25) is 4.99 Å². The van der Waals surface area contributed by atoms with Crippen LogP contribution < -0.4 is 20.1 Å². The standard InChI is InChI=1S/C21H34N4O2/c1-17-7-11-25(12-8-17)10-3-9-23-21(22-2)24-16-18-5-6-19-20(15-18)27-14-4-13-26-19/h5-6,15,17H,3-4,7-14,16H2,1-2H3,(H2,22,23,24). The van der Waals surface area contributed by atoms with Gasteiger partial charge in [0.25, 0.3) is 0 Å². The van der Waals surface area contributed by atoms with E-state index in [4.69, 9.17) is 9.47 Å². The van der Waals surface area contributed by atoms with Crippen LogP contribution in [0.4, 0.5) is 0 Å². The van der Waals surface area contributed by atoms with Crippen molar-refractivity contribution in [2.24, 2.45) is 10.9 Å². The molecule has 0 aromatic heterocycles. The molecule has 2 aliphatic rings. The van der Waals surface area contributed by atoms with Crippen molar-refractivity contribution in [2.75, 3.05) is 46.4 Å². The highest BCUT2D eigenvalue weighted by atomic mass is 16.5. The minimum Gasteiger partial charge on any atom is -0.490 e. The summed E-state index contributed by atoms with van der Waals surface area (Å²) in [7, 11) is 1.81. The second kappa shape index (κ2) is 10.4. The van der Waals surface area contributed by atoms with Gasteiger partial charge >= 0.3 is 0 Å². The van der Waals surface area contributed by atoms with Crippen molar-refractivity contribution in [1.82, 2.24) is 15.5 Å². The van der Waals surface area contributed by atoms with E-state index in [1.165, 1.54) is 32.5 Å². The van der Waals surface area contributed by atoms with Gasteiger partial charge in [-0.1, -0.05) is 13.0 Å². The van der Waals surface area contributed by atoms with Gasteiger partial charge < -0.3 is 25.0 Å². The Morgan fingerprint density at radius 3 is 2.70 bits per heavy atom. The molecule has 2 aliphatic heterocycles. The Hall–Kier alpha value is -1.95. The highest BCUT2D eigenvalue weighted by Crippen LogP contribution is 2.30. The van der Waals surface area contributed by atoms with Gasteiger partial charge in [-0.2, -0.15) is 0 Å². The van der Waals surface area contributed by atoms with Crippen LogP contribution in [0.1, 0.15) is 38.2 Å². The first-order valence-electron chi connectivity index (χ1n) is 10.3. The Kier molecular flexibility index (Phi) is 7.63. The lowest BCUT2D eigenvalue weighted by Crippen LogP contribution is -2.39. The number of benzene rings is 1. The molecule has 1 saturated heterocycles.